The lowest BCUT2D eigenvalue weighted by Crippen LogP contribution is -1.92. The van der Waals surface area contributed by atoms with E-state index in [1.165, 1.54) is 35.6 Å². The summed E-state index contributed by atoms with van der Waals surface area (Å²) in [5.74, 6) is 1.70. The third-order valence-corrected chi connectivity index (χ3v) is 4.88. The molecule has 0 amide bonds. The van der Waals surface area contributed by atoms with Crippen molar-refractivity contribution < 1.29 is 14.4 Å². The van der Waals surface area contributed by atoms with Gasteiger partial charge >= 0.3 is 0 Å². The predicted octanol–water partition coefficient (Wildman–Crippen LogP) is 4.25. The summed E-state index contributed by atoms with van der Waals surface area (Å²) >= 11 is 2.49. The Bertz CT molecular complexity index is 932. The summed E-state index contributed by atoms with van der Waals surface area (Å²) in [7, 11) is 3.16. The van der Waals surface area contributed by atoms with Crippen molar-refractivity contribution in [1.82, 2.24) is 9.36 Å². The molecule has 0 fully saturated rings. The van der Waals surface area contributed by atoms with Crippen LogP contribution in [0.5, 0.6) is 11.5 Å². The number of nitrogens with one attached hydrogen (secondary N) is 1. The van der Waals surface area contributed by atoms with Crippen LogP contribution in [0.3, 0.4) is 0 Å². The van der Waals surface area contributed by atoms with Crippen LogP contribution in [-0.2, 0) is 0 Å². The van der Waals surface area contributed by atoms with Crippen LogP contribution >= 0.6 is 23.5 Å². The zero-order chi connectivity index (χ0) is 18.5. The highest BCUT2D eigenvalue weighted by Gasteiger charge is 2.12. The average molecular weight is 390 g/mol. The lowest BCUT2D eigenvalue weighted by Gasteiger charge is -2.09. The maximum atomic E-state index is 10.9. The summed E-state index contributed by atoms with van der Waals surface area (Å²) in [6.45, 7) is 0. The second-order valence-corrected chi connectivity index (χ2v) is 6.58. The standard InChI is InChI=1S/C16H14N4O4S2/c1-23-13-7-6-12(9-14(13)24-2)25-18-16-17-15(26-19-16)10-4-3-5-11(8-10)20(21)22/h3-9H,1-2H3,(H,18,19). The third kappa shape index (κ3) is 4.03. The number of aromatic nitrogens is 2. The SMILES string of the molecule is COc1ccc(SNc2nsc(-c3cccc([N+](=O)[O-])c3)n2)cc1OC. The van der Waals surface area contributed by atoms with Gasteiger partial charge in [-0.05, 0) is 41.7 Å². The van der Waals surface area contributed by atoms with E-state index in [4.69, 9.17) is 9.47 Å². The van der Waals surface area contributed by atoms with Crippen molar-refractivity contribution in [1.29, 1.82) is 0 Å². The monoisotopic (exact) mass is 390 g/mol. The first-order valence-electron chi connectivity index (χ1n) is 7.34. The molecule has 1 aromatic heterocycles. The maximum absolute atomic E-state index is 10.9. The summed E-state index contributed by atoms with van der Waals surface area (Å²) in [4.78, 5) is 15.7. The number of methoxy groups -OCH3 is 2. The van der Waals surface area contributed by atoms with Gasteiger partial charge in [-0.15, -0.1) is 0 Å². The topological polar surface area (TPSA) is 99.4 Å². The summed E-state index contributed by atoms with van der Waals surface area (Å²) in [6.07, 6.45) is 0. The van der Waals surface area contributed by atoms with Gasteiger partial charge in [0.1, 0.15) is 5.01 Å². The number of rotatable bonds is 7. The number of benzene rings is 2. The number of non-ortho nitro benzene ring substituents is 1. The zero-order valence-electron chi connectivity index (χ0n) is 13.8. The van der Waals surface area contributed by atoms with Crippen LogP contribution in [0.15, 0.2) is 47.4 Å². The molecule has 2 aromatic carbocycles. The fraction of sp³-hybridized carbons (Fsp3) is 0.125. The summed E-state index contributed by atoms with van der Waals surface area (Å²) < 4.78 is 17.8. The molecule has 0 saturated carbocycles. The van der Waals surface area contributed by atoms with Crippen molar-refractivity contribution in [3.8, 4) is 22.1 Å². The number of ether oxygens (including phenoxy) is 2. The van der Waals surface area contributed by atoms with E-state index in [1.54, 1.807) is 26.4 Å². The highest BCUT2D eigenvalue weighted by Crippen LogP contribution is 2.33. The van der Waals surface area contributed by atoms with Gasteiger partial charge in [-0.25, -0.2) is 0 Å². The third-order valence-electron chi connectivity index (χ3n) is 3.35. The van der Waals surface area contributed by atoms with Gasteiger partial charge in [-0.3, -0.25) is 14.8 Å². The summed E-state index contributed by atoms with van der Waals surface area (Å²) in [5, 5.41) is 11.5. The highest BCUT2D eigenvalue weighted by atomic mass is 32.2. The largest absolute Gasteiger partial charge is 0.493 e. The number of hydrogen-bond donors (Lipinski definition) is 1. The van der Waals surface area contributed by atoms with Gasteiger partial charge in [0.2, 0.25) is 5.95 Å². The van der Waals surface area contributed by atoms with Gasteiger partial charge in [0.25, 0.3) is 5.69 Å². The Kier molecular flexibility index (Phi) is 5.54. The average Bonchev–Trinajstić information content (AvgIpc) is 3.15. The molecular formula is C16H14N4O4S2. The Hall–Kier alpha value is -2.85. The van der Waals surface area contributed by atoms with Crippen LogP contribution < -0.4 is 14.2 Å². The normalized spacial score (nSPS) is 10.4. The van der Waals surface area contributed by atoms with Crippen molar-refractivity contribution >= 4 is 35.1 Å². The first-order chi connectivity index (χ1) is 12.6. The number of nitrogens with zero attached hydrogens (tertiary/aromatic N) is 3. The van der Waals surface area contributed by atoms with E-state index in [1.807, 2.05) is 18.2 Å². The molecule has 0 saturated heterocycles. The van der Waals surface area contributed by atoms with Gasteiger partial charge in [0.15, 0.2) is 11.5 Å². The summed E-state index contributed by atoms with van der Waals surface area (Å²) in [5.41, 5.74) is 0.674. The van der Waals surface area contributed by atoms with E-state index >= 15 is 0 Å². The molecule has 1 heterocycles. The number of nitro benzene ring substituents is 1. The Balaban J connectivity index is 1.71. The first-order valence-corrected chi connectivity index (χ1v) is 8.93. The number of anilines is 1. The lowest BCUT2D eigenvalue weighted by atomic mass is 10.2. The Morgan fingerprint density at radius 1 is 1.15 bits per heavy atom. The Morgan fingerprint density at radius 3 is 2.69 bits per heavy atom. The van der Waals surface area contributed by atoms with Gasteiger partial charge < -0.3 is 9.47 Å². The molecule has 0 aliphatic carbocycles. The van der Waals surface area contributed by atoms with Crippen LogP contribution in [0, 0.1) is 10.1 Å². The van der Waals surface area contributed by atoms with Gasteiger partial charge in [-0.2, -0.15) is 9.36 Å². The second-order valence-electron chi connectivity index (χ2n) is 4.95. The van der Waals surface area contributed by atoms with Crippen molar-refractivity contribution in [2.45, 2.75) is 4.90 Å². The van der Waals surface area contributed by atoms with Crippen LogP contribution in [0.4, 0.5) is 11.6 Å². The molecule has 0 bridgehead atoms. The Morgan fingerprint density at radius 2 is 1.96 bits per heavy atom. The molecule has 0 atom stereocenters. The van der Waals surface area contributed by atoms with E-state index < -0.39 is 4.92 Å². The van der Waals surface area contributed by atoms with Crippen LogP contribution in [0.2, 0.25) is 0 Å². The number of nitro groups is 1. The minimum absolute atomic E-state index is 0.0203. The molecule has 134 valence electrons. The summed E-state index contributed by atoms with van der Waals surface area (Å²) in [6, 6.07) is 11.8. The van der Waals surface area contributed by atoms with Crippen molar-refractivity contribution in [2.75, 3.05) is 18.9 Å². The molecule has 3 rings (SSSR count). The molecular weight excluding hydrogens is 376 g/mol. The smallest absolute Gasteiger partial charge is 0.270 e. The van der Waals surface area contributed by atoms with E-state index in [2.05, 4.69) is 14.1 Å². The highest BCUT2D eigenvalue weighted by molar-refractivity contribution is 8.00. The molecule has 0 aliphatic heterocycles. The fourth-order valence-corrected chi connectivity index (χ4v) is 3.40. The first kappa shape index (κ1) is 18.0. The molecule has 26 heavy (non-hydrogen) atoms. The minimum Gasteiger partial charge on any atom is -0.493 e. The van der Waals surface area contributed by atoms with Crippen molar-refractivity contribution in [3.63, 3.8) is 0 Å². The van der Waals surface area contributed by atoms with E-state index in [-0.39, 0.29) is 5.69 Å². The lowest BCUT2D eigenvalue weighted by molar-refractivity contribution is -0.384. The Labute approximate surface area is 157 Å². The molecule has 3 aromatic rings. The predicted molar refractivity (Wildman–Crippen MR) is 101 cm³/mol. The van der Waals surface area contributed by atoms with Crippen LogP contribution in [0.25, 0.3) is 10.6 Å². The van der Waals surface area contributed by atoms with Crippen molar-refractivity contribution in [2.24, 2.45) is 0 Å². The maximum Gasteiger partial charge on any atom is 0.270 e. The van der Waals surface area contributed by atoms with Crippen molar-refractivity contribution in [3.05, 3.63) is 52.6 Å². The molecule has 0 radical (unpaired) electrons. The van der Waals surface area contributed by atoms with Crippen LogP contribution in [-0.4, -0.2) is 28.5 Å². The quantitative estimate of drug-likeness (QED) is 0.363. The molecule has 0 aliphatic rings. The molecule has 0 spiro atoms. The minimum atomic E-state index is -0.434. The fourth-order valence-electron chi connectivity index (χ4n) is 2.12. The van der Waals surface area contributed by atoms with Gasteiger partial charge in [0, 0.05) is 22.6 Å². The van der Waals surface area contributed by atoms with Gasteiger partial charge in [-0.1, -0.05) is 12.1 Å². The molecule has 10 heteroatoms. The van der Waals surface area contributed by atoms with Gasteiger partial charge in [0.05, 0.1) is 19.1 Å². The van der Waals surface area contributed by atoms with E-state index in [9.17, 15) is 10.1 Å². The zero-order valence-corrected chi connectivity index (χ0v) is 15.5. The number of hydrogen-bond acceptors (Lipinski definition) is 9. The van der Waals surface area contributed by atoms with E-state index in [0.717, 1.165) is 4.90 Å². The molecule has 0 unspecified atom stereocenters. The van der Waals surface area contributed by atoms with E-state index in [0.29, 0.717) is 28.0 Å². The molecule has 8 nitrogen and oxygen atoms in total. The molecule has 1 N–H and O–H groups in total. The second kappa shape index (κ2) is 8.02. The van der Waals surface area contributed by atoms with Crippen LogP contribution in [0.1, 0.15) is 0 Å².